The summed E-state index contributed by atoms with van der Waals surface area (Å²) in [6.45, 7) is 4.22. The van der Waals surface area contributed by atoms with Crippen molar-refractivity contribution in [2.45, 2.75) is 30.9 Å². The summed E-state index contributed by atoms with van der Waals surface area (Å²) < 4.78 is 15.0. The van der Waals surface area contributed by atoms with Gasteiger partial charge in [-0.1, -0.05) is 48.9 Å². The molecule has 0 saturated carbocycles. The number of urea groups is 1. The van der Waals surface area contributed by atoms with Gasteiger partial charge in [-0.15, -0.1) is 5.06 Å². The molecular weight excluding hydrogens is 407 g/mol. The number of halogens is 2. The summed E-state index contributed by atoms with van der Waals surface area (Å²) in [6.07, 6.45) is 1.76. The largest absolute Gasteiger partial charge is 0.358 e. The number of carbonyl (C=O) groups is 1. The second kappa shape index (κ2) is 7.81. The van der Waals surface area contributed by atoms with Crippen LogP contribution in [0.2, 0.25) is 0 Å². The van der Waals surface area contributed by atoms with Crippen molar-refractivity contribution in [3.63, 3.8) is 0 Å². The van der Waals surface area contributed by atoms with E-state index in [4.69, 9.17) is 16.5 Å². The Morgan fingerprint density at radius 3 is 2.57 bits per heavy atom. The summed E-state index contributed by atoms with van der Waals surface area (Å²) in [5.41, 5.74) is -0.168. The first-order valence-electron chi connectivity index (χ1n) is 9.87. The van der Waals surface area contributed by atoms with Gasteiger partial charge in [0.15, 0.2) is 5.66 Å². The van der Waals surface area contributed by atoms with Gasteiger partial charge in [0.1, 0.15) is 11.3 Å². The van der Waals surface area contributed by atoms with E-state index in [0.717, 1.165) is 16.5 Å². The molecule has 3 unspecified atom stereocenters. The van der Waals surface area contributed by atoms with Gasteiger partial charge in [-0.05, 0) is 43.8 Å². The van der Waals surface area contributed by atoms with Crippen molar-refractivity contribution in [3.8, 4) is 0 Å². The van der Waals surface area contributed by atoms with Crippen LogP contribution in [-0.2, 0) is 0 Å². The topological polar surface area (TPSA) is 49.7 Å². The number of nitrogens with one attached hydrogen (secondary N) is 1. The van der Waals surface area contributed by atoms with Gasteiger partial charge in [0.05, 0.1) is 5.52 Å². The number of amides is 2. The smallest absolute Gasteiger partial charge is 0.302 e. The van der Waals surface area contributed by atoms with Crippen LogP contribution in [0, 0.1) is 5.82 Å². The maximum atomic E-state index is 13.5. The third-order valence-corrected chi connectivity index (χ3v) is 6.47. The molecule has 0 aliphatic carbocycles. The quantitative estimate of drug-likeness (QED) is 0.471. The highest BCUT2D eigenvalue weighted by molar-refractivity contribution is 6.23. The molecule has 2 heterocycles. The lowest BCUT2D eigenvalue weighted by Gasteiger charge is -2.41. The summed E-state index contributed by atoms with van der Waals surface area (Å²) in [6, 6.07) is 15.5. The van der Waals surface area contributed by atoms with Crippen molar-refractivity contribution < 1.29 is 14.1 Å². The fourth-order valence-corrected chi connectivity index (χ4v) is 4.75. The lowest BCUT2D eigenvalue weighted by Crippen LogP contribution is -2.64. The zero-order chi connectivity index (χ0) is 21.5. The zero-order valence-corrected chi connectivity index (χ0v) is 17.8. The molecule has 3 aromatic rings. The van der Waals surface area contributed by atoms with Crippen molar-refractivity contribution in [3.05, 3.63) is 72.2 Å². The van der Waals surface area contributed by atoms with Gasteiger partial charge in [-0.25, -0.2) is 9.18 Å². The van der Waals surface area contributed by atoms with E-state index in [-0.39, 0.29) is 17.8 Å². The highest BCUT2D eigenvalue weighted by Crippen LogP contribution is 2.42. The Morgan fingerprint density at radius 2 is 1.90 bits per heavy atom. The minimum Gasteiger partial charge on any atom is -0.302 e. The minimum atomic E-state index is -1.10. The van der Waals surface area contributed by atoms with E-state index in [9.17, 15) is 9.18 Å². The first kappa shape index (κ1) is 20.5. The predicted molar refractivity (Wildman–Crippen MR) is 114 cm³/mol. The van der Waals surface area contributed by atoms with Crippen LogP contribution in [0.1, 0.15) is 25.3 Å². The molecule has 2 aromatic carbocycles. The molecule has 30 heavy (non-hydrogen) atoms. The molecule has 158 valence electrons. The second-order valence-corrected chi connectivity index (χ2v) is 7.74. The number of hydrogen-bond acceptors (Lipinski definition) is 3. The maximum Gasteiger partial charge on any atom is 0.358 e. The zero-order valence-electron chi connectivity index (χ0n) is 17.0. The Labute approximate surface area is 179 Å². The Hall–Kier alpha value is -2.77. The molecule has 3 atom stereocenters. The van der Waals surface area contributed by atoms with Gasteiger partial charge in [0.2, 0.25) is 0 Å². The minimum absolute atomic E-state index is 0.312. The second-order valence-electron chi connectivity index (χ2n) is 7.33. The molecule has 0 bridgehead atoms. The Morgan fingerprint density at radius 1 is 1.20 bits per heavy atom. The van der Waals surface area contributed by atoms with E-state index in [1.807, 2.05) is 44.2 Å². The van der Waals surface area contributed by atoms with Crippen LogP contribution >= 0.6 is 11.6 Å². The molecule has 6 nitrogen and oxygen atoms in total. The van der Waals surface area contributed by atoms with Crippen LogP contribution < -0.4 is 10.3 Å². The number of para-hydroxylation sites is 1. The Balaban J connectivity index is 1.80. The first-order valence-corrected chi connectivity index (χ1v) is 10.3. The van der Waals surface area contributed by atoms with Gasteiger partial charge >= 0.3 is 6.03 Å². The van der Waals surface area contributed by atoms with Crippen LogP contribution in [-0.4, -0.2) is 45.5 Å². The van der Waals surface area contributed by atoms with E-state index in [1.54, 1.807) is 35.0 Å². The number of hydroxylamine groups is 2. The molecule has 1 aromatic heterocycles. The number of fused-ring (bicyclic) bond motifs is 1. The lowest BCUT2D eigenvalue weighted by molar-refractivity contribution is -0.179. The SMILES string of the molecule is CCN1C(=O)N(On2ccc3ccccc32)C(NC)(C(C)c2ccc(F)cc2)C1Cl. The van der Waals surface area contributed by atoms with Crippen LogP contribution in [0.5, 0.6) is 0 Å². The summed E-state index contributed by atoms with van der Waals surface area (Å²) in [5.74, 6) is -0.635. The van der Waals surface area contributed by atoms with Gasteiger partial charge < -0.3 is 4.90 Å². The number of rotatable bonds is 6. The third kappa shape index (κ3) is 3.00. The number of hydrogen-bond donors (Lipinski definition) is 1. The summed E-state index contributed by atoms with van der Waals surface area (Å²) >= 11 is 6.86. The summed E-state index contributed by atoms with van der Waals surface area (Å²) in [5, 5.41) is 5.53. The molecule has 8 heteroatoms. The third-order valence-electron chi connectivity index (χ3n) is 5.90. The highest BCUT2D eigenvalue weighted by atomic mass is 35.5. The molecule has 2 amide bonds. The monoisotopic (exact) mass is 430 g/mol. The van der Waals surface area contributed by atoms with E-state index >= 15 is 0 Å². The Kier molecular flexibility index (Phi) is 5.34. The van der Waals surface area contributed by atoms with Crippen LogP contribution in [0.3, 0.4) is 0 Å². The van der Waals surface area contributed by atoms with Crippen molar-refractivity contribution in [2.24, 2.45) is 0 Å². The van der Waals surface area contributed by atoms with Crippen LogP contribution in [0.25, 0.3) is 10.9 Å². The van der Waals surface area contributed by atoms with E-state index in [2.05, 4.69) is 5.32 Å². The Bertz CT molecular complexity index is 1060. The molecule has 1 aliphatic rings. The fraction of sp³-hybridized carbons (Fsp3) is 0.318. The van der Waals surface area contributed by atoms with E-state index < -0.39 is 11.2 Å². The molecule has 0 radical (unpaired) electrons. The standard InChI is InChI=1S/C22H24ClFN4O2/c1-4-26-20(23)22(25-3,15(2)16-9-11-18(24)12-10-16)28(21(26)29)30-27-14-13-17-7-5-6-8-19(17)27/h5-15,20,25H,4H2,1-3H3. The fourth-order valence-electron chi connectivity index (χ4n) is 4.15. The highest BCUT2D eigenvalue weighted by Gasteiger charge is 2.61. The van der Waals surface area contributed by atoms with Gasteiger partial charge in [0.25, 0.3) is 0 Å². The van der Waals surface area contributed by atoms with Gasteiger partial charge in [-0.3, -0.25) is 10.3 Å². The average Bonchev–Trinajstić information content (AvgIpc) is 3.25. The molecule has 1 fully saturated rings. The van der Waals surface area contributed by atoms with Gasteiger partial charge in [-0.2, -0.15) is 4.73 Å². The van der Waals surface area contributed by atoms with Crippen molar-refractivity contribution in [2.75, 3.05) is 13.6 Å². The summed E-state index contributed by atoms with van der Waals surface area (Å²) in [4.78, 5) is 21.0. The first-order chi connectivity index (χ1) is 14.4. The van der Waals surface area contributed by atoms with Crippen LogP contribution in [0.15, 0.2) is 60.8 Å². The molecular formula is C22H24ClFN4O2. The number of alkyl halides is 1. The van der Waals surface area contributed by atoms with Crippen molar-refractivity contribution in [1.29, 1.82) is 0 Å². The van der Waals surface area contributed by atoms with Crippen LogP contribution in [0.4, 0.5) is 9.18 Å². The molecule has 1 saturated heterocycles. The number of carbonyl (C=O) groups excluding carboxylic acids is 1. The average molecular weight is 431 g/mol. The summed E-state index contributed by atoms with van der Waals surface area (Å²) in [7, 11) is 1.74. The normalized spacial score (nSPS) is 22.7. The molecule has 4 rings (SSSR count). The van der Waals surface area contributed by atoms with Crippen molar-refractivity contribution >= 4 is 28.5 Å². The number of nitrogens with zero attached hydrogens (tertiary/aromatic N) is 3. The van der Waals surface area contributed by atoms with Gasteiger partial charge in [0, 0.05) is 24.0 Å². The molecule has 1 aliphatic heterocycles. The van der Waals surface area contributed by atoms with Crippen molar-refractivity contribution in [1.82, 2.24) is 20.0 Å². The number of likely N-dealkylation sites (N-methyl/N-ethyl adjacent to an activating group) is 2. The predicted octanol–water partition coefficient (Wildman–Crippen LogP) is 4.17. The van der Waals surface area contributed by atoms with E-state index in [1.165, 1.54) is 17.2 Å². The van der Waals surface area contributed by atoms with E-state index in [0.29, 0.717) is 6.54 Å². The molecule has 1 N–H and O–H groups in total. The number of aromatic nitrogens is 1. The maximum absolute atomic E-state index is 13.5. The lowest BCUT2D eigenvalue weighted by atomic mass is 9.87. The number of benzene rings is 2. The molecule has 0 spiro atoms.